The van der Waals surface area contributed by atoms with Crippen molar-refractivity contribution in [3.8, 4) is 0 Å². The van der Waals surface area contributed by atoms with Gasteiger partial charge in [-0.15, -0.1) is 0 Å². The van der Waals surface area contributed by atoms with Crippen LogP contribution >= 0.6 is 0 Å². The van der Waals surface area contributed by atoms with Crippen LogP contribution in [0.5, 0.6) is 0 Å². The summed E-state index contributed by atoms with van der Waals surface area (Å²) in [4.78, 5) is 22.7. The Balaban J connectivity index is 1.88. The number of esters is 1. The molecule has 1 aromatic carbocycles. The Morgan fingerprint density at radius 2 is 2.12 bits per heavy atom. The van der Waals surface area contributed by atoms with Crippen molar-refractivity contribution in [2.45, 2.75) is 18.9 Å². The molecule has 0 radical (unpaired) electrons. The highest BCUT2D eigenvalue weighted by molar-refractivity contribution is 5.86. The highest BCUT2D eigenvalue weighted by Crippen LogP contribution is 2.07. The number of rotatable bonds is 3. The first-order valence-electron chi connectivity index (χ1n) is 5.35. The van der Waals surface area contributed by atoms with Crippen molar-refractivity contribution in [2.24, 2.45) is 0 Å². The van der Waals surface area contributed by atoms with Crippen molar-refractivity contribution >= 4 is 11.9 Å². The average molecular weight is 237 g/mol. The van der Waals surface area contributed by atoms with Crippen LogP contribution in [0.3, 0.4) is 0 Å². The molecule has 1 aromatic rings. The van der Waals surface area contributed by atoms with Crippen molar-refractivity contribution in [3.63, 3.8) is 0 Å². The van der Waals surface area contributed by atoms with Crippen LogP contribution in [0.2, 0.25) is 0 Å². The molecule has 4 nitrogen and oxygen atoms in total. The Morgan fingerprint density at radius 3 is 2.71 bits per heavy atom. The minimum absolute atomic E-state index is 0.129. The van der Waals surface area contributed by atoms with E-state index in [1.165, 1.54) is 12.1 Å². The van der Waals surface area contributed by atoms with E-state index in [0.29, 0.717) is 18.6 Å². The summed E-state index contributed by atoms with van der Waals surface area (Å²) >= 11 is 0. The Morgan fingerprint density at radius 1 is 1.41 bits per heavy atom. The van der Waals surface area contributed by atoms with Crippen LogP contribution < -0.4 is 5.32 Å². The highest BCUT2D eigenvalue weighted by Gasteiger charge is 2.27. The van der Waals surface area contributed by atoms with E-state index in [1.807, 2.05) is 0 Å². The SMILES string of the molecule is O=C(Cc1ccc(F)cc1)NC1CCOC1=O. The zero-order valence-electron chi connectivity index (χ0n) is 9.11. The van der Waals surface area contributed by atoms with Gasteiger partial charge in [0.1, 0.15) is 11.9 Å². The maximum Gasteiger partial charge on any atom is 0.328 e. The van der Waals surface area contributed by atoms with Crippen LogP contribution in [-0.4, -0.2) is 24.5 Å². The number of carbonyl (C=O) groups is 2. The zero-order chi connectivity index (χ0) is 12.3. The van der Waals surface area contributed by atoms with E-state index in [0.717, 1.165) is 0 Å². The summed E-state index contributed by atoms with van der Waals surface area (Å²) in [6.07, 6.45) is 0.637. The first kappa shape index (κ1) is 11.6. The fourth-order valence-electron chi connectivity index (χ4n) is 1.66. The lowest BCUT2D eigenvalue weighted by molar-refractivity contribution is -0.141. The van der Waals surface area contributed by atoms with Crippen molar-refractivity contribution in [1.82, 2.24) is 5.32 Å². The standard InChI is InChI=1S/C12H12FNO3/c13-9-3-1-8(2-4-9)7-11(15)14-10-5-6-17-12(10)16/h1-4,10H,5-7H2,(H,14,15). The van der Waals surface area contributed by atoms with E-state index in [4.69, 9.17) is 4.74 Å². The molecule has 0 bridgehead atoms. The molecular formula is C12H12FNO3. The lowest BCUT2D eigenvalue weighted by atomic mass is 10.1. The van der Waals surface area contributed by atoms with Crippen molar-refractivity contribution in [1.29, 1.82) is 0 Å². The Labute approximate surface area is 97.8 Å². The van der Waals surface area contributed by atoms with Gasteiger partial charge in [-0.25, -0.2) is 9.18 Å². The predicted octanol–water partition coefficient (Wildman–Crippen LogP) is 0.800. The smallest absolute Gasteiger partial charge is 0.328 e. The number of cyclic esters (lactones) is 1. The lowest BCUT2D eigenvalue weighted by Crippen LogP contribution is -2.38. The summed E-state index contributed by atoms with van der Waals surface area (Å²) in [5.74, 6) is -0.994. The van der Waals surface area contributed by atoms with Crippen LogP contribution in [0.1, 0.15) is 12.0 Å². The van der Waals surface area contributed by atoms with Gasteiger partial charge >= 0.3 is 5.97 Å². The minimum atomic E-state index is -0.539. The third kappa shape index (κ3) is 3.03. The second kappa shape index (κ2) is 4.95. The second-order valence-electron chi connectivity index (χ2n) is 3.88. The van der Waals surface area contributed by atoms with Gasteiger partial charge in [0.15, 0.2) is 0 Å². The number of nitrogens with one attached hydrogen (secondary N) is 1. The van der Waals surface area contributed by atoms with Crippen LogP contribution in [-0.2, 0) is 20.7 Å². The van der Waals surface area contributed by atoms with Gasteiger partial charge in [0.2, 0.25) is 5.91 Å². The van der Waals surface area contributed by atoms with Crippen LogP contribution in [0.15, 0.2) is 24.3 Å². The summed E-state index contributed by atoms with van der Waals surface area (Å²) < 4.78 is 17.4. The number of hydrogen-bond donors (Lipinski definition) is 1. The molecule has 0 aliphatic carbocycles. The molecule has 0 spiro atoms. The normalized spacial score (nSPS) is 18.9. The molecule has 1 aliphatic rings. The molecule has 17 heavy (non-hydrogen) atoms. The maximum atomic E-state index is 12.6. The molecule has 1 aliphatic heterocycles. The summed E-state index contributed by atoms with van der Waals surface area (Å²) in [6.45, 7) is 0.348. The zero-order valence-corrected chi connectivity index (χ0v) is 9.11. The first-order valence-corrected chi connectivity index (χ1v) is 5.35. The molecule has 2 rings (SSSR count). The predicted molar refractivity (Wildman–Crippen MR) is 57.6 cm³/mol. The molecule has 1 atom stereocenters. The third-order valence-electron chi connectivity index (χ3n) is 2.55. The van der Waals surface area contributed by atoms with E-state index < -0.39 is 12.0 Å². The van der Waals surface area contributed by atoms with Gasteiger partial charge < -0.3 is 10.1 Å². The fraction of sp³-hybridized carbons (Fsp3) is 0.333. The molecule has 1 fully saturated rings. The van der Waals surface area contributed by atoms with Gasteiger partial charge in [0.05, 0.1) is 13.0 Å². The quantitative estimate of drug-likeness (QED) is 0.791. The monoisotopic (exact) mass is 237 g/mol. The second-order valence-corrected chi connectivity index (χ2v) is 3.88. The molecule has 1 amide bonds. The van der Waals surface area contributed by atoms with Gasteiger partial charge in [-0.2, -0.15) is 0 Å². The lowest BCUT2D eigenvalue weighted by Gasteiger charge is -2.08. The van der Waals surface area contributed by atoms with Crippen molar-refractivity contribution in [3.05, 3.63) is 35.6 Å². The molecule has 1 N–H and O–H groups in total. The van der Waals surface area contributed by atoms with Crippen molar-refractivity contribution in [2.75, 3.05) is 6.61 Å². The van der Waals surface area contributed by atoms with E-state index in [1.54, 1.807) is 12.1 Å². The fourth-order valence-corrected chi connectivity index (χ4v) is 1.66. The van der Waals surface area contributed by atoms with Gasteiger partial charge in [0, 0.05) is 6.42 Å². The molecule has 1 unspecified atom stereocenters. The molecule has 5 heteroatoms. The van der Waals surface area contributed by atoms with E-state index >= 15 is 0 Å². The van der Waals surface area contributed by atoms with E-state index in [9.17, 15) is 14.0 Å². The number of halogens is 1. The largest absolute Gasteiger partial charge is 0.464 e. The van der Waals surface area contributed by atoms with E-state index in [-0.39, 0.29) is 18.1 Å². The molecule has 90 valence electrons. The van der Waals surface area contributed by atoms with Gasteiger partial charge in [-0.05, 0) is 17.7 Å². The number of ether oxygens (including phenoxy) is 1. The summed E-state index contributed by atoms with van der Waals surface area (Å²) in [5, 5.41) is 2.58. The van der Waals surface area contributed by atoms with Crippen LogP contribution in [0.4, 0.5) is 4.39 Å². The average Bonchev–Trinajstić information content (AvgIpc) is 2.68. The Bertz CT molecular complexity index is 430. The molecule has 0 saturated carbocycles. The Kier molecular flexibility index (Phi) is 3.37. The van der Waals surface area contributed by atoms with Crippen LogP contribution in [0, 0.1) is 5.82 Å². The van der Waals surface area contributed by atoms with Gasteiger partial charge in [0.25, 0.3) is 0 Å². The summed E-state index contributed by atoms with van der Waals surface area (Å²) in [6, 6.07) is 5.14. The maximum absolute atomic E-state index is 12.6. The number of hydrogen-bond acceptors (Lipinski definition) is 3. The molecule has 1 saturated heterocycles. The van der Waals surface area contributed by atoms with Crippen molar-refractivity contribution < 1.29 is 18.7 Å². The molecular weight excluding hydrogens is 225 g/mol. The highest BCUT2D eigenvalue weighted by atomic mass is 19.1. The first-order chi connectivity index (χ1) is 8.15. The minimum Gasteiger partial charge on any atom is -0.464 e. The number of amides is 1. The Hall–Kier alpha value is -1.91. The summed E-state index contributed by atoms with van der Waals surface area (Å²) in [7, 11) is 0. The van der Waals surface area contributed by atoms with Gasteiger partial charge in [-0.3, -0.25) is 4.79 Å². The summed E-state index contributed by atoms with van der Waals surface area (Å²) in [5.41, 5.74) is 0.704. The molecule has 0 aromatic heterocycles. The van der Waals surface area contributed by atoms with E-state index in [2.05, 4.69) is 5.32 Å². The van der Waals surface area contributed by atoms with Crippen LogP contribution in [0.25, 0.3) is 0 Å². The topological polar surface area (TPSA) is 55.4 Å². The number of carbonyl (C=O) groups excluding carboxylic acids is 2. The van der Waals surface area contributed by atoms with Gasteiger partial charge in [-0.1, -0.05) is 12.1 Å². The number of benzene rings is 1. The third-order valence-corrected chi connectivity index (χ3v) is 2.55. The molecule has 1 heterocycles.